The Morgan fingerprint density at radius 1 is 1.37 bits per heavy atom. The Kier molecular flexibility index (Phi) is 3.69. The molecular formula is C9H16N4O4S2. The number of aromatic nitrogens is 2. The highest BCUT2D eigenvalue weighted by Gasteiger charge is 2.34. The van der Waals surface area contributed by atoms with Gasteiger partial charge in [0, 0.05) is 30.9 Å². The molecule has 0 unspecified atom stereocenters. The number of nitrogens with one attached hydrogen (secondary N) is 1. The molecule has 108 valence electrons. The highest BCUT2D eigenvalue weighted by Crippen LogP contribution is 2.21. The molecule has 8 nitrogen and oxygen atoms in total. The van der Waals surface area contributed by atoms with Crippen LogP contribution in [-0.2, 0) is 26.4 Å². The second-order valence-electron chi connectivity index (χ2n) is 4.39. The average molecular weight is 308 g/mol. The average Bonchev–Trinajstić information content (AvgIpc) is 2.70. The van der Waals surface area contributed by atoms with Crippen LogP contribution < -0.4 is 5.73 Å². The summed E-state index contributed by atoms with van der Waals surface area (Å²) in [6.45, 7) is 1.67. The van der Waals surface area contributed by atoms with E-state index in [9.17, 15) is 16.8 Å². The number of aryl methyl sites for hydroxylation is 1. The Morgan fingerprint density at radius 3 is 2.47 bits per heavy atom. The molecule has 1 saturated heterocycles. The zero-order chi connectivity index (χ0) is 14.3. The van der Waals surface area contributed by atoms with Crippen LogP contribution in [0.25, 0.3) is 0 Å². The van der Waals surface area contributed by atoms with Gasteiger partial charge in [0.25, 0.3) is 10.0 Å². The molecule has 1 aliphatic rings. The van der Waals surface area contributed by atoms with Gasteiger partial charge in [0.2, 0.25) is 0 Å². The van der Waals surface area contributed by atoms with Crippen molar-refractivity contribution >= 4 is 19.9 Å². The molecule has 1 fully saturated rings. The largest absolute Gasteiger partial charge is 0.326 e. The minimum atomic E-state index is -3.79. The van der Waals surface area contributed by atoms with Crippen molar-refractivity contribution in [1.82, 2.24) is 14.5 Å². The summed E-state index contributed by atoms with van der Waals surface area (Å²) in [7, 11) is -6.92. The van der Waals surface area contributed by atoms with Gasteiger partial charge in [-0.2, -0.15) is 9.40 Å². The third-order valence-electron chi connectivity index (χ3n) is 3.13. The molecule has 2 heterocycles. The molecule has 0 bridgehead atoms. The van der Waals surface area contributed by atoms with Gasteiger partial charge in [-0.05, 0) is 6.92 Å². The Bertz CT molecular complexity index is 663. The molecule has 2 rings (SSSR count). The van der Waals surface area contributed by atoms with Crippen molar-refractivity contribution in [2.45, 2.75) is 18.5 Å². The Hall–Kier alpha value is -0.970. The van der Waals surface area contributed by atoms with E-state index in [2.05, 4.69) is 10.2 Å². The highest BCUT2D eigenvalue weighted by molar-refractivity contribution is 7.92. The van der Waals surface area contributed by atoms with Crippen molar-refractivity contribution in [3.05, 3.63) is 11.3 Å². The van der Waals surface area contributed by atoms with Crippen LogP contribution >= 0.6 is 0 Å². The van der Waals surface area contributed by atoms with E-state index in [1.807, 2.05) is 0 Å². The molecule has 0 aromatic carbocycles. The lowest BCUT2D eigenvalue weighted by Crippen LogP contribution is -2.44. The van der Waals surface area contributed by atoms with Crippen LogP contribution in [0.5, 0.6) is 0 Å². The lowest BCUT2D eigenvalue weighted by atomic mass is 10.3. The highest BCUT2D eigenvalue weighted by atomic mass is 32.2. The van der Waals surface area contributed by atoms with Crippen LogP contribution in [-0.4, -0.2) is 55.9 Å². The van der Waals surface area contributed by atoms with E-state index in [-0.39, 0.29) is 36.2 Å². The van der Waals surface area contributed by atoms with Crippen molar-refractivity contribution in [2.75, 3.05) is 24.6 Å². The first-order valence-corrected chi connectivity index (χ1v) is 8.98. The lowest BCUT2D eigenvalue weighted by molar-refractivity contribution is 0.428. The van der Waals surface area contributed by atoms with Crippen LogP contribution in [0.15, 0.2) is 5.03 Å². The molecule has 0 atom stereocenters. The monoisotopic (exact) mass is 308 g/mol. The maximum Gasteiger partial charge on any atom is 0.262 e. The fourth-order valence-electron chi connectivity index (χ4n) is 1.94. The number of hydrogen-bond donors (Lipinski definition) is 2. The predicted octanol–water partition coefficient (Wildman–Crippen LogP) is -1.40. The molecule has 0 aliphatic carbocycles. The predicted molar refractivity (Wildman–Crippen MR) is 68.6 cm³/mol. The Labute approximate surface area is 111 Å². The summed E-state index contributed by atoms with van der Waals surface area (Å²) in [5.74, 6) is -0.318. The first kappa shape index (κ1) is 14.4. The van der Waals surface area contributed by atoms with Crippen LogP contribution in [0.1, 0.15) is 11.3 Å². The summed E-state index contributed by atoms with van der Waals surface area (Å²) in [5, 5.41) is 6.28. The number of rotatable bonds is 3. The standard InChI is InChI=1S/C9H16N4O4S2/c1-7-8(6-10)9(12-11-7)19(16,17)13-2-4-18(14,15)5-3-13/h2-6,10H2,1H3,(H,11,12). The second kappa shape index (κ2) is 4.85. The number of nitrogens with two attached hydrogens (primary N) is 1. The van der Waals surface area contributed by atoms with Crippen molar-refractivity contribution in [1.29, 1.82) is 0 Å². The van der Waals surface area contributed by atoms with Crippen LogP contribution in [0, 0.1) is 6.92 Å². The number of aromatic amines is 1. The normalized spacial score (nSPS) is 20.5. The third-order valence-corrected chi connectivity index (χ3v) is 6.61. The quantitative estimate of drug-likeness (QED) is 0.707. The SMILES string of the molecule is Cc1[nH]nc(S(=O)(=O)N2CCS(=O)(=O)CC2)c1CN. The number of nitrogens with zero attached hydrogens (tertiary/aromatic N) is 2. The Balaban J connectivity index is 2.33. The van der Waals surface area contributed by atoms with E-state index in [0.29, 0.717) is 11.3 Å². The fraction of sp³-hybridized carbons (Fsp3) is 0.667. The summed E-state index contributed by atoms with van der Waals surface area (Å²) in [6, 6.07) is 0. The van der Waals surface area contributed by atoms with Gasteiger partial charge in [-0.25, -0.2) is 16.8 Å². The third kappa shape index (κ3) is 2.66. The van der Waals surface area contributed by atoms with Gasteiger partial charge in [-0.3, -0.25) is 5.10 Å². The summed E-state index contributed by atoms with van der Waals surface area (Å²) in [5.41, 5.74) is 6.57. The smallest absolute Gasteiger partial charge is 0.262 e. The summed E-state index contributed by atoms with van der Waals surface area (Å²) >= 11 is 0. The number of H-pyrrole nitrogens is 1. The van der Waals surface area contributed by atoms with E-state index in [0.717, 1.165) is 4.31 Å². The molecule has 0 amide bonds. The fourth-order valence-corrected chi connectivity index (χ4v) is 4.99. The van der Waals surface area contributed by atoms with E-state index >= 15 is 0 Å². The molecule has 0 radical (unpaired) electrons. The maximum atomic E-state index is 12.4. The van der Waals surface area contributed by atoms with Crippen LogP contribution in [0.4, 0.5) is 0 Å². The van der Waals surface area contributed by atoms with Crippen molar-refractivity contribution in [2.24, 2.45) is 5.73 Å². The van der Waals surface area contributed by atoms with Gasteiger partial charge in [0.1, 0.15) is 0 Å². The van der Waals surface area contributed by atoms with E-state index in [4.69, 9.17) is 5.73 Å². The molecule has 10 heteroatoms. The van der Waals surface area contributed by atoms with E-state index < -0.39 is 19.9 Å². The van der Waals surface area contributed by atoms with Crippen molar-refractivity contribution < 1.29 is 16.8 Å². The van der Waals surface area contributed by atoms with Gasteiger partial charge < -0.3 is 5.73 Å². The molecule has 0 spiro atoms. The minimum absolute atomic E-state index is 0.0411. The zero-order valence-electron chi connectivity index (χ0n) is 10.5. The molecule has 1 aliphatic heterocycles. The summed E-state index contributed by atoms with van der Waals surface area (Å²) in [4.78, 5) is 0. The number of sulfone groups is 1. The van der Waals surface area contributed by atoms with Crippen LogP contribution in [0.3, 0.4) is 0 Å². The van der Waals surface area contributed by atoms with Gasteiger partial charge in [0.05, 0.1) is 11.5 Å². The topological polar surface area (TPSA) is 126 Å². The molecule has 19 heavy (non-hydrogen) atoms. The van der Waals surface area contributed by atoms with Crippen molar-refractivity contribution in [3.8, 4) is 0 Å². The van der Waals surface area contributed by atoms with Crippen molar-refractivity contribution in [3.63, 3.8) is 0 Å². The summed E-state index contributed by atoms with van der Waals surface area (Å²) in [6.07, 6.45) is 0. The van der Waals surface area contributed by atoms with Gasteiger partial charge in [-0.1, -0.05) is 0 Å². The second-order valence-corrected chi connectivity index (χ2v) is 8.55. The molecule has 1 aromatic rings. The van der Waals surface area contributed by atoms with Crippen LogP contribution in [0.2, 0.25) is 0 Å². The number of hydrogen-bond acceptors (Lipinski definition) is 6. The molecule has 3 N–H and O–H groups in total. The Morgan fingerprint density at radius 2 is 1.95 bits per heavy atom. The first-order chi connectivity index (χ1) is 8.78. The van der Waals surface area contributed by atoms with Gasteiger partial charge >= 0.3 is 0 Å². The lowest BCUT2D eigenvalue weighted by Gasteiger charge is -2.25. The first-order valence-electron chi connectivity index (χ1n) is 5.72. The minimum Gasteiger partial charge on any atom is -0.326 e. The van der Waals surface area contributed by atoms with E-state index in [1.165, 1.54) is 0 Å². The molecule has 0 saturated carbocycles. The maximum absolute atomic E-state index is 12.4. The summed E-state index contributed by atoms with van der Waals surface area (Å²) < 4.78 is 48.6. The molecular weight excluding hydrogens is 292 g/mol. The zero-order valence-corrected chi connectivity index (χ0v) is 12.1. The van der Waals surface area contributed by atoms with Gasteiger partial charge in [-0.15, -0.1) is 0 Å². The number of sulfonamides is 1. The molecule has 1 aromatic heterocycles. The van der Waals surface area contributed by atoms with E-state index in [1.54, 1.807) is 6.92 Å². The van der Waals surface area contributed by atoms with Gasteiger partial charge in [0.15, 0.2) is 14.9 Å².